The van der Waals surface area contributed by atoms with Crippen LogP contribution in [0.15, 0.2) is 5.38 Å². The van der Waals surface area contributed by atoms with E-state index >= 15 is 0 Å². The molecule has 0 aromatic carbocycles. The van der Waals surface area contributed by atoms with Crippen LogP contribution in [0.3, 0.4) is 0 Å². The molecule has 2 amide bonds. The standard InChI is InChI=1S/C16H24N4O4S/c1-11-10-25-15(17-11)8-13(21)18-19-14(22)9-20-4-2-12(3-5-20)16-23-6-7-24-16/h10,12,16H,2-9H2,1H3,(H,18,21)(H,19,22). The maximum absolute atomic E-state index is 12.0. The number of piperidine rings is 1. The molecule has 3 rings (SSSR count). The lowest BCUT2D eigenvalue weighted by Crippen LogP contribution is -2.48. The molecule has 2 aliphatic rings. The highest BCUT2D eigenvalue weighted by Crippen LogP contribution is 2.25. The number of ether oxygens (including phenoxy) is 2. The lowest BCUT2D eigenvalue weighted by atomic mass is 9.96. The molecule has 0 radical (unpaired) electrons. The average molecular weight is 368 g/mol. The number of nitrogens with zero attached hydrogens (tertiary/aromatic N) is 2. The Morgan fingerprint density at radius 1 is 1.24 bits per heavy atom. The highest BCUT2D eigenvalue weighted by atomic mass is 32.1. The Morgan fingerprint density at radius 2 is 1.92 bits per heavy atom. The number of aromatic nitrogens is 1. The zero-order valence-electron chi connectivity index (χ0n) is 14.3. The van der Waals surface area contributed by atoms with E-state index in [0.29, 0.717) is 19.1 Å². The molecule has 0 unspecified atom stereocenters. The molecule has 2 N–H and O–H groups in total. The van der Waals surface area contributed by atoms with Crippen LogP contribution in [0, 0.1) is 12.8 Å². The molecule has 1 aromatic heterocycles. The predicted molar refractivity (Wildman–Crippen MR) is 91.7 cm³/mol. The summed E-state index contributed by atoms with van der Waals surface area (Å²) < 4.78 is 11.1. The first-order valence-corrected chi connectivity index (χ1v) is 9.42. The molecule has 0 saturated carbocycles. The van der Waals surface area contributed by atoms with Gasteiger partial charge in [-0.1, -0.05) is 0 Å². The van der Waals surface area contributed by atoms with Gasteiger partial charge in [-0.15, -0.1) is 11.3 Å². The summed E-state index contributed by atoms with van der Waals surface area (Å²) in [5.74, 6) is -0.0734. The molecule has 9 heteroatoms. The normalized spacial score (nSPS) is 19.9. The number of hydrazine groups is 1. The van der Waals surface area contributed by atoms with Crippen molar-refractivity contribution >= 4 is 23.2 Å². The van der Waals surface area contributed by atoms with Gasteiger partial charge in [-0.25, -0.2) is 4.98 Å². The monoisotopic (exact) mass is 368 g/mol. The summed E-state index contributed by atoms with van der Waals surface area (Å²) in [6.45, 7) is 5.16. The Bertz CT molecular complexity index is 595. The minimum absolute atomic E-state index is 0.0789. The first kappa shape index (κ1) is 18.2. The highest BCUT2D eigenvalue weighted by Gasteiger charge is 2.30. The van der Waals surface area contributed by atoms with E-state index in [1.807, 2.05) is 12.3 Å². The number of likely N-dealkylation sites (tertiary alicyclic amines) is 1. The zero-order valence-corrected chi connectivity index (χ0v) is 15.1. The van der Waals surface area contributed by atoms with Crippen molar-refractivity contribution in [3.63, 3.8) is 0 Å². The molecule has 0 spiro atoms. The molecular formula is C16H24N4O4S. The number of thiazole rings is 1. The fraction of sp³-hybridized carbons (Fsp3) is 0.688. The van der Waals surface area contributed by atoms with Crippen LogP contribution in [0.25, 0.3) is 0 Å². The van der Waals surface area contributed by atoms with Gasteiger partial charge in [0.2, 0.25) is 5.91 Å². The number of carbonyl (C=O) groups is 2. The van der Waals surface area contributed by atoms with Gasteiger partial charge in [0, 0.05) is 17.0 Å². The van der Waals surface area contributed by atoms with Crippen molar-refractivity contribution in [2.24, 2.45) is 5.92 Å². The Labute approximate surface area is 150 Å². The molecule has 2 saturated heterocycles. The van der Waals surface area contributed by atoms with Crippen LogP contribution in [0.4, 0.5) is 0 Å². The smallest absolute Gasteiger partial charge is 0.252 e. The number of aryl methyl sites for hydroxylation is 1. The van der Waals surface area contributed by atoms with Crippen molar-refractivity contribution in [1.29, 1.82) is 0 Å². The quantitative estimate of drug-likeness (QED) is 0.723. The van der Waals surface area contributed by atoms with Crippen LogP contribution < -0.4 is 10.9 Å². The van der Waals surface area contributed by atoms with E-state index in [1.54, 1.807) is 0 Å². The number of carbonyl (C=O) groups excluding carboxylic acids is 2. The summed E-state index contributed by atoms with van der Waals surface area (Å²) in [6.07, 6.45) is 2.00. The van der Waals surface area contributed by atoms with E-state index in [4.69, 9.17) is 9.47 Å². The molecule has 3 heterocycles. The van der Waals surface area contributed by atoms with Gasteiger partial charge in [0.25, 0.3) is 5.91 Å². The van der Waals surface area contributed by atoms with Gasteiger partial charge >= 0.3 is 0 Å². The number of hydrogen-bond acceptors (Lipinski definition) is 7. The molecule has 0 atom stereocenters. The third-order valence-corrected chi connectivity index (χ3v) is 5.32. The SMILES string of the molecule is Cc1csc(CC(=O)NNC(=O)CN2CCC(C3OCCO3)CC2)n1. The van der Waals surface area contributed by atoms with Crippen molar-refractivity contribution in [3.05, 3.63) is 16.1 Å². The molecule has 2 fully saturated rings. The van der Waals surface area contributed by atoms with E-state index in [-0.39, 0.29) is 31.1 Å². The molecule has 8 nitrogen and oxygen atoms in total. The predicted octanol–water partition coefficient (Wildman–Crippen LogP) is 0.226. The lowest BCUT2D eigenvalue weighted by Gasteiger charge is -2.33. The fourth-order valence-corrected chi connectivity index (χ4v) is 3.85. The van der Waals surface area contributed by atoms with E-state index in [1.165, 1.54) is 11.3 Å². The third-order valence-electron chi connectivity index (χ3n) is 4.35. The largest absolute Gasteiger partial charge is 0.350 e. The van der Waals surface area contributed by atoms with Crippen LogP contribution in [-0.4, -0.2) is 60.8 Å². The molecule has 1 aromatic rings. The molecular weight excluding hydrogens is 344 g/mol. The van der Waals surface area contributed by atoms with Crippen molar-refractivity contribution in [3.8, 4) is 0 Å². The van der Waals surface area contributed by atoms with Gasteiger partial charge in [-0.2, -0.15) is 0 Å². The Kier molecular flexibility index (Phi) is 6.35. The molecule has 2 aliphatic heterocycles. The van der Waals surface area contributed by atoms with Crippen molar-refractivity contribution in [1.82, 2.24) is 20.7 Å². The van der Waals surface area contributed by atoms with Gasteiger partial charge in [0.05, 0.1) is 26.2 Å². The van der Waals surface area contributed by atoms with Crippen molar-refractivity contribution in [2.45, 2.75) is 32.5 Å². The molecule has 0 bridgehead atoms. The topological polar surface area (TPSA) is 92.8 Å². The van der Waals surface area contributed by atoms with Crippen LogP contribution in [-0.2, 0) is 25.5 Å². The summed E-state index contributed by atoms with van der Waals surface area (Å²) in [5, 5.41) is 2.63. The van der Waals surface area contributed by atoms with Gasteiger partial charge in [-0.05, 0) is 32.9 Å². The van der Waals surface area contributed by atoms with Crippen molar-refractivity contribution < 1.29 is 19.1 Å². The first-order valence-electron chi connectivity index (χ1n) is 8.54. The third kappa shape index (κ3) is 5.46. The number of amides is 2. The highest BCUT2D eigenvalue weighted by molar-refractivity contribution is 7.09. The Balaban J connectivity index is 1.32. The summed E-state index contributed by atoms with van der Waals surface area (Å²) in [5.41, 5.74) is 5.81. The first-order chi connectivity index (χ1) is 12.1. The van der Waals surface area contributed by atoms with Gasteiger partial charge in [0.15, 0.2) is 6.29 Å². The van der Waals surface area contributed by atoms with E-state index in [9.17, 15) is 9.59 Å². The van der Waals surface area contributed by atoms with Crippen LogP contribution in [0.5, 0.6) is 0 Å². The second-order valence-electron chi connectivity index (χ2n) is 6.38. The Hall–Kier alpha value is -1.55. The fourth-order valence-electron chi connectivity index (χ4n) is 3.08. The second-order valence-corrected chi connectivity index (χ2v) is 7.32. The summed E-state index contributed by atoms with van der Waals surface area (Å²) in [6, 6.07) is 0. The number of rotatable bonds is 5. The van der Waals surface area contributed by atoms with Crippen LogP contribution in [0.2, 0.25) is 0 Å². The van der Waals surface area contributed by atoms with E-state index in [0.717, 1.165) is 36.6 Å². The average Bonchev–Trinajstić information content (AvgIpc) is 3.26. The second kappa shape index (κ2) is 8.70. The minimum Gasteiger partial charge on any atom is -0.350 e. The number of nitrogens with one attached hydrogen (secondary N) is 2. The zero-order chi connectivity index (χ0) is 17.6. The maximum Gasteiger partial charge on any atom is 0.252 e. The summed E-state index contributed by atoms with van der Waals surface area (Å²) in [4.78, 5) is 30.1. The van der Waals surface area contributed by atoms with Gasteiger partial charge in [-0.3, -0.25) is 25.3 Å². The Morgan fingerprint density at radius 3 is 2.56 bits per heavy atom. The number of hydrogen-bond donors (Lipinski definition) is 2. The van der Waals surface area contributed by atoms with E-state index in [2.05, 4.69) is 20.7 Å². The maximum atomic E-state index is 12.0. The molecule has 0 aliphatic carbocycles. The minimum atomic E-state index is -0.267. The van der Waals surface area contributed by atoms with Crippen molar-refractivity contribution in [2.75, 3.05) is 32.8 Å². The van der Waals surface area contributed by atoms with Gasteiger partial charge < -0.3 is 9.47 Å². The summed E-state index contributed by atoms with van der Waals surface area (Å²) in [7, 11) is 0. The molecule has 25 heavy (non-hydrogen) atoms. The van der Waals surface area contributed by atoms with Gasteiger partial charge in [0.1, 0.15) is 5.01 Å². The summed E-state index contributed by atoms with van der Waals surface area (Å²) >= 11 is 1.44. The lowest BCUT2D eigenvalue weighted by molar-refractivity contribution is -0.130. The molecule has 138 valence electrons. The van der Waals surface area contributed by atoms with Crippen LogP contribution in [0.1, 0.15) is 23.5 Å². The van der Waals surface area contributed by atoms with Crippen LogP contribution >= 0.6 is 11.3 Å². The van der Waals surface area contributed by atoms with E-state index < -0.39 is 0 Å².